The summed E-state index contributed by atoms with van der Waals surface area (Å²) in [6.45, 7) is 8.78. The van der Waals surface area contributed by atoms with E-state index in [0.29, 0.717) is 22.8 Å². The van der Waals surface area contributed by atoms with Gasteiger partial charge in [0, 0.05) is 17.1 Å². The number of ether oxygens (including phenoxy) is 2. The standard InChI is InChI=1S/2C11H13NO3.C11H13NO2.C10H11NO2.C4H7NO2/c1-8(13)7-11(14)12-9-3-5-10(15-2)6-4-9;1-8(13)7-11(14)12-9-5-3-4-6-10(9)15-2;1-8-5-3-4-6-10(8)12-11(14)7-9(2)13;1-8(12)7-10(13)11-9-5-3-2-4-6-9;1-3(6)2-4(5)7/h2*3-6H,7H2,1-2H3,(H,12,14);3-6H,7H2,1-2H3,(H,12,14);2-6H,7H2,1H3,(H,11,13);2H2,1H3,(H2,5,7). The molecule has 5 amide bonds. The Bertz CT molecular complexity index is 2180. The Hall–Kier alpha value is -7.82. The molecule has 4 rings (SSSR count). The molecule has 0 saturated heterocycles. The number of para-hydroxylation sites is 4. The Labute approximate surface area is 372 Å². The fourth-order valence-electron chi connectivity index (χ4n) is 4.61. The van der Waals surface area contributed by atoms with E-state index in [1.54, 1.807) is 67.8 Å². The highest BCUT2D eigenvalue weighted by atomic mass is 16.5. The molecule has 0 atom stereocenters. The quantitative estimate of drug-likeness (QED) is 0.0789. The summed E-state index contributed by atoms with van der Waals surface area (Å²) in [6.07, 6.45) is -0.465. The zero-order valence-corrected chi connectivity index (χ0v) is 37.3. The molecule has 6 N–H and O–H groups in total. The molecular weight excluding hydrogens is 827 g/mol. The van der Waals surface area contributed by atoms with Gasteiger partial charge in [-0.2, -0.15) is 0 Å². The molecule has 0 bridgehead atoms. The van der Waals surface area contributed by atoms with Crippen LogP contribution in [0.3, 0.4) is 0 Å². The Morgan fingerprint density at radius 3 is 1.16 bits per heavy atom. The third-order valence-corrected chi connectivity index (χ3v) is 7.29. The summed E-state index contributed by atoms with van der Waals surface area (Å²) in [5, 5.41) is 10.5. The Balaban J connectivity index is 0.000000789. The van der Waals surface area contributed by atoms with Crippen molar-refractivity contribution in [1.29, 1.82) is 0 Å². The van der Waals surface area contributed by atoms with E-state index in [1.807, 2.05) is 49.4 Å². The summed E-state index contributed by atoms with van der Waals surface area (Å²) in [5.74, 6) is -1.17. The van der Waals surface area contributed by atoms with Gasteiger partial charge in [0.2, 0.25) is 29.5 Å². The number of aryl methyl sites for hydroxylation is 1. The lowest BCUT2D eigenvalue weighted by Gasteiger charge is -2.08. The summed E-state index contributed by atoms with van der Waals surface area (Å²) in [5.41, 5.74) is 8.33. The summed E-state index contributed by atoms with van der Waals surface area (Å²) >= 11 is 0. The highest BCUT2D eigenvalue weighted by molar-refractivity contribution is 6.05. The largest absolute Gasteiger partial charge is 0.497 e. The maximum absolute atomic E-state index is 11.3. The van der Waals surface area contributed by atoms with Crippen LogP contribution >= 0.6 is 0 Å². The minimum Gasteiger partial charge on any atom is -0.497 e. The van der Waals surface area contributed by atoms with Crippen molar-refractivity contribution in [1.82, 2.24) is 0 Å². The molecule has 0 unspecified atom stereocenters. The summed E-state index contributed by atoms with van der Waals surface area (Å²) in [7, 11) is 3.10. The second-order valence-corrected chi connectivity index (χ2v) is 13.7. The summed E-state index contributed by atoms with van der Waals surface area (Å²) < 4.78 is 10.0. The van der Waals surface area contributed by atoms with Crippen LogP contribution in [0.2, 0.25) is 0 Å². The Morgan fingerprint density at radius 2 is 0.781 bits per heavy atom. The molecule has 4 aromatic rings. The molecule has 0 fully saturated rings. The lowest BCUT2D eigenvalue weighted by atomic mass is 10.2. The van der Waals surface area contributed by atoms with E-state index in [4.69, 9.17) is 9.47 Å². The zero-order valence-electron chi connectivity index (χ0n) is 37.3. The van der Waals surface area contributed by atoms with Gasteiger partial charge in [0.05, 0.1) is 52.0 Å². The Morgan fingerprint density at radius 1 is 0.422 bits per heavy atom. The van der Waals surface area contributed by atoms with E-state index < -0.39 is 5.91 Å². The number of anilines is 4. The predicted octanol–water partition coefficient (Wildman–Crippen LogP) is 6.19. The lowest BCUT2D eigenvalue weighted by molar-refractivity contribution is -0.126. The van der Waals surface area contributed by atoms with Gasteiger partial charge < -0.3 is 36.5 Å². The summed E-state index contributed by atoms with van der Waals surface area (Å²) in [4.78, 5) is 107. The SMILES string of the molecule is CC(=O)CC(=O)Nc1ccccc1.CC(=O)CC(=O)Nc1ccccc1C.CC(=O)CC(N)=O.COc1ccc(NC(=O)CC(C)=O)cc1.COc1ccccc1NC(=O)CC(C)=O. The first-order valence-electron chi connectivity index (χ1n) is 19.5. The third-order valence-electron chi connectivity index (χ3n) is 7.29. The number of benzene rings is 4. The van der Waals surface area contributed by atoms with Crippen molar-refractivity contribution in [2.24, 2.45) is 5.73 Å². The first kappa shape index (κ1) is 56.2. The molecule has 0 aliphatic heterocycles. The number of amides is 5. The number of nitrogens with one attached hydrogen (secondary N) is 4. The van der Waals surface area contributed by atoms with Gasteiger partial charge in [0.15, 0.2) is 0 Å². The minimum absolute atomic E-state index is 0.0606. The van der Waals surface area contributed by atoms with E-state index in [-0.39, 0.29) is 84.6 Å². The topological polar surface area (TPSA) is 263 Å². The molecule has 0 aliphatic carbocycles. The van der Waals surface area contributed by atoms with Crippen LogP contribution in [-0.4, -0.2) is 72.7 Å². The number of methoxy groups -OCH3 is 2. The van der Waals surface area contributed by atoms with Crippen LogP contribution in [0.4, 0.5) is 22.7 Å². The highest BCUT2D eigenvalue weighted by Crippen LogP contribution is 2.23. The van der Waals surface area contributed by atoms with Gasteiger partial charge in [-0.1, -0.05) is 48.5 Å². The number of primary amides is 1. The molecular formula is C47H57N5O12. The number of ketones is 5. The average Bonchev–Trinajstić information content (AvgIpc) is 3.19. The second kappa shape index (κ2) is 32.0. The van der Waals surface area contributed by atoms with E-state index >= 15 is 0 Å². The molecule has 17 heteroatoms. The van der Waals surface area contributed by atoms with E-state index in [1.165, 1.54) is 41.7 Å². The van der Waals surface area contributed by atoms with Crippen LogP contribution in [0.1, 0.15) is 72.3 Å². The van der Waals surface area contributed by atoms with Gasteiger partial charge in [-0.25, -0.2) is 0 Å². The van der Waals surface area contributed by atoms with Crippen molar-refractivity contribution in [3.8, 4) is 11.5 Å². The van der Waals surface area contributed by atoms with Crippen LogP contribution in [-0.2, 0) is 47.9 Å². The van der Waals surface area contributed by atoms with Crippen molar-refractivity contribution in [3.63, 3.8) is 0 Å². The van der Waals surface area contributed by atoms with Gasteiger partial charge in [0.25, 0.3) is 0 Å². The number of carbonyl (C=O) groups excluding carboxylic acids is 10. The second-order valence-electron chi connectivity index (χ2n) is 13.7. The monoisotopic (exact) mass is 883 g/mol. The van der Waals surface area contributed by atoms with Crippen molar-refractivity contribution in [2.45, 2.75) is 73.6 Å². The van der Waals surface area contributed by atoms with Crippen LogP contribution in [0.15, 0.2) is 103 Å². The number of carbonyl (C=O) groups is 10. The molecule has 0 aliphatic rings. The van der Waals surface area contributed by atoms with Crippen molar-refractivity contribution < 1.29 is 57.4 Å². The Kier molecular flexibility index (Phi) is 28.1. The van der Waals surface area contributed by atoms with E-state index in [0.717, 1.165) is 17.0 Å². The molecule has 17 nitrogen and oxygen atoms in total. The highest BCUT2D eigenvalue weighted by Gasteiger charge is 2.09. The molecule has 4 aromatic carbocycles. The van der Waals surface area contributed by atoms with Crippen LogP contribution in [0, 0.1) is 6.92 Å². The van der Waals surface area contributed by atoms with Gasteiger partial charge in [-0.15, -0.1) is 0 Å². The van der Waals surface area contributed by atoms with Crippen molar-refractivity contribution >= 4 is 81.2 Å². The first-order valence-corrected chi connectivity index (χ1v) is 19.5. The van der Waals surface area contributed by atoms with Gasteiger partial charge in [0.1, 0.15) is 40.4 Å². The third kappa shape index (κ3) is 29.4. The average molecular weight is 884 g/mol. The zero-order chi connectivity index (χ0) is 48.6. The summed E-state index contributed by atoms with van der Waals surface area (Å²) in [6, 6.07) is 30.5. The van der Waals surface area contributed by atoms with Crippen molar-refractivity contribution in [2.75, 3.05) is 35.5 Å². The molecule has 0 aromatic heterocycles. The fraction of sp³-hybridized carbons (Fsp3) is 0.277. The van der Waals surface area contributed by atoms with Crippen LogP contribution in [0.25, 0.3) is 0 Å². The van der Waals surface area contributed by atoms with Gasteiger partial charge in [-0.3, -0.25) is 47.9 Å². The molecule has 64 heavy (non-hydrogen) atoms. The smallest absolute Gasteiger partial charge is 0.231 e. The lowest BCUT2D eigenvalue weighted by Crippen LogP contribution is -2.15. The van der Waals surface area contributed by atoms with Gasteiger partial charge >= 0.3 is 0 Å². The van der Waals surface area contributed by atoms with Crippen LogP contribution < -0.4 is 36.5 Å². The molecule has 0 spiro atoms. The normalized spacial score (nSPS) is 9.31. The maximum Gasteiger partial charge on any atom is 0.231 e. The van der Waals surface area contributed by atoms with Crippen molar-refractivity contribution in [3.05, 3.63) is 109 Å². The fourth-order valence-corrected chi connectivity index (χ4v) is 4.61. The number of nitrogens with two attached hydrogens (primary N) is 1. The van der Waals surface area contributed by atoms with Crippen LogP contribution in [0.5, 0.6) is 11.5 Å². The van der Waals surface area contributed by atoms with Gasteiger partial charge in [-0.05, 0) is 102 Å². The number of Topliss-reactive ketones (excluding diaryl/α,β-unsaturated/α-hetero) is 5. The van der Waals surface area contributed by atoms with E-state index in [2.05, 4.69) is 27.0 Å². The number of rotatable bonds is 16. The first-order chi connectivity index (χ1) is 30.1. The number of hydrogen-bond acceptors (Lipinski definition) is 12. The maximum atomic E-state index is 11.3. The molecule has 0 radical (unpaired) electrons. The molecule has 342 valence electrons. The van der Waals surface area contributed by atoms with E-state index in [9.17, 15) is 47.9 Å². The molecule has 0 saturated carbocycles. The molecule has 0 heterocycles. The predicted molar refractivity (Wildman–Crippen MR) is 244 cm³/mol. The number of hydrogen-bond donors (Lipinski definition) is 5. The minimum atomic E-state index is -0.562.